The van der Waals surface area contributed by atoms with E-state index < -0.39 is 0 Å². The van der Waals surface area contributed by atoms with Crippen LogP contribution in [0.4, 0.5) is 4.39 Å². The minimum absolute atomic E-state index is 0.129. The van der Waals surface area contributed by atoms with Crippen molar-refractivity contribution in [2.24, 2.45) is 0 Å². The number of nitrogens with one attached hydrogen (secondary N) is 3. The molecule has 134 valence electrons. The molecule has 3 aromatic rings. The summed E-state index contributed by atoms with van der Waals surface area (Å²) < 4.78 is 13.1. The minimum atomic E-state index is -0.292. The van der Waals surface area contributed by atoms with E-state index in [2.05, 4.69) is 25.7 Å². The number of benzene rings is 1. The molecule has 0 bridgehead atoms. The molecule has 26 heavy (non-hydrogen) atoms. The first kappa shape index (κ1) is 16.5. The first-order chi connectivity index (χ1) is 12.6. The van der Waals surface area contributed by atoms with Crippen LogP contribution in [0.5, 0.6) is 0 Å². The second kappa shape index (κ2) is 6.72. The maximum atomic E-state index is 13.1. The maximum Gasteiger partial charge on any atom is 0.274 e. The number of aromatic amines is 2. The van der Waals surface area contributed by atoms with Gasteiger partial charge in [0.1, 0.15) is 5.82 Å². The fourth-order valence-electron chi connectivity index (χ4n) is 3.23. The van der Waals surface area contributed by atoms with E-state index >= 15 is 0 Å². The molecule has 3 N–H and O–H groups in total. The molecule has 0 aliphatic carbocycles. The van der Waals surface area contributed by atoms with Gasteiger partial charge in [-0.2, -0.15) is 10.2 Å². The Morgan fingerprint density at radius 2 is 2.08 bits per heavy atom. The molecule has 8 heteroatoms. The quantitative estimate of drug-likeness (QED) is 0.667. The molecule has 0 saturated heterocycles. The summed E-state index contributed by atoms with van der Waals surface area (Å²) in [7, 11) is 1.74. The van der Waals surface area contributed by atoms with Crippen LogP contribution < -0.4 is 5.32 Å². The van der Waals surface area contributed by atoms with Gasteiger partial charge < -0.3 is 10.2 Å². The van der Waals surface area contributed by atoms with Gasteiger partial charge in [-0.3, -0.25) is 15.0 Å². The van der Waals surface area contributed by atoms with Gasteiger partial charge in [-0.1, -0.05) is 0 Å². The smallest absolute Gasteiger partial charge is 0.274 e. The summed E-state index contributed by atoms with van der Waals surface area (Å²) >= 11 is 0. The third kappa shape index (κ3) is 2.99. The lowest BCUT2D eigenvalue weighted by molar-refractivity contribution is 0.0778. The van der Waals surface area contributed by atoms with Gasteiger partial charge in [0, 0.05) is 36.8 Å². The molecule has 1 aliphatic heterocycles. The number of hydrogen-bond acceptors (Lipinski definition) is 4. The number of halogens is 1. The summed E-state index contributed by atoms with van der Waals surface area (Å²) in [6.07, 6.45) is 2.47. The number of fused-ring (bicyclic) bond motifs is 1. The molecular weight excluding hydrogens is 335 g/mol. The van der Waals surface area contributed by atoms with Crippen molar-refractivity contribution in [3.63, 3.8) is 0 Å². The number of nitrogens with zero attached hydrogens (tertiary/aromatic N) is 3. The molecule has 1 amide bonds. The Morgan fingerprint density at radius 1 is 1.27 bits per heavy atom. The highest BCUT2D eigenvalue weighted by atomic mass is 19.1. The van der Waals surface area contributed by atoms with Crippen molar-refractivity contribution in [1.82, 2.24) is 30.6 Å². The van der Waals surface area contributed by atoms with E-state index in [0.717, 1.165) is 41.0 Å². The Kier molecular flexibility index (Phi) is 4.26. The molecule has 0 radical (unpaired) electrons. The van der Waals surface area contributed by atoms with Crippen LogP contribution in [0, 0.1) is 5.82 Å². The molecule has 3 heterocycles. The number of rotatable bonds is 4. The van der Waals surface area contributed by atoms with Crippen molar-refractivity contribution in [3.8, 4) is 11.3 Å². The molecule has 2 aromatic heterocycles. The van der Waals surface area contributed by atoms with Gasteiger partial charge in [0.25, 0.3) is 5.91 Å². The monoisotopic (exact) mass is 354 g/mol. The first-order valence-electron chi connectivity index (χ1n) is 8.44. The zero-order chi connectivity index (χ0) is 18.1. The third-order valence-corrected chi connectivity index (χ3v) is 4.61. The van der Waals surface area contributed by atoms with E-state index in [0.29, 0.717) is 18.8 Å². The summed E-state index contributed by atoms with van der Waals surface area (Å²) in [6, 6.07) is 6.17. The number of amides is 1. The lowest BCUT2D eigenvalue weighted by atomic mass is 10.0. The zero-order valence-electron chi connectivity index (χ0n) is 14.3. The van der Waals surface area contributed by atoms with Crippen molar-refractivity contribution in [3.05, 3.63) is 58.8 Å². The molecule has 4 rings (SSSR count). The molecule has 0 spiro atoms. The Balaban J connectivity index is 1.55. The van der Waals surface area contributed by atoms with Gasteiger partial charge in [-0.15, -0.1) is 0 Å². The largest absolute Gasteiger partial charge is 0.336 e. The average molecular weight is 354 g/mol. The van der Waals surface area contributed by atoms with Crippen molar-refractivity contribution < 1.29 is 9.18 Å². The predicted molar refractivity (Wildman–Crippen MR) is 93.8 cm³/mol. The minimum Gasteiger partial charge on any atom is -0.336 e. The van der Waals surface area contributed by atoms with E-state index in [-0.39, 0.29) is 11.7 Å². The Morgan fingerprint density at radius 3 is 2.88 bits per heavy atom. The number of hydrogen-bond donors (Lipinski definition) is 3. The maximum absolute atomic E-state index is 13.1. The van der Waals surface area contributed by atoms with Gasteiger partial charge in [0.2, 0.25) is 0 Å². The standard InChI is InChI=1S/C18H19FN6O/c1-25(18(26)17-14-6-7-20-9-15(14)22-24-17)10-12-8-21-23-16(12)11-2-4-13(19)5-3-11/h2-5,8,20H,6-7,9-10H2,1H3,(H,21,23)(H,22,24). The second-order valence-electron chi connectivity index (χ2n) is 6.39. The SMILES string of the molecule is CN(Cc1cn[nH]c1-c1ccc(F)cc1)C(=O)c1n[nH]c2c1CCNC2. The summed E-state index contributed by atoms with van der Waals surface area (Å²) in [4.78, 5) is 14.5. The van der Waals surface area contributed by atoms with Gasteiger partial charge in [-0.05, 0) is 37.2 Å². The summed E-state index contributed by atoms with van der Waals surface area (Å²) in [6.45, 7) is 1.92. The van der Waals surface area contributed by atoms with Gasteiger partial charge in [-0.25, -0.2) is 4.39 Å². The van der Waals surface area contributed by atoms with Crippen LogP contribution in [0.15, 0.2) is 30.5 Å². The van der Waals surface area contributed by atoms with Crippen molar-refractivity contribution in [2.75, 3.05) is 13.6 Å². The number of H-pyrrole nitrogens is 2. The van der Waals surface area contributed by atoms with Crippen LogP contribution in [0.25, 0.3) is 11.3 Å². The molecule has 1 aliphatic rings. The van der Waals surface area contributed by atoms with Crippen molar-refractivity contribution in [2.45, 2.75) is 19.5 Å². The van der Waals surface area contributed by atoms with Gasteiger partial charge in [0.05, 0.1) is 17.6 Å². The Labute approximate surface area is 149 Å². The van der Waals surface area contributed by atoms with E-state index in [1.165, 1.54) is 12.1 Å². The zero-order valence-corrected chi connectivity index (χ0v) is 14.3. The molecule has 0 unspecified atom stereocenters. The number of carbonyl (C=O) groups is 1. The molecular formula is C18H19FN6O. The summed E-state index contributed by atoms with van der Waals surface area (Å²) in [5.41, 5.74) is 4.91. The highest BCUT2D eigenvalue weighted by Gasteiger charge is 2.24. The highest BCUT2D eigenvalue weighted by molar-refractivity contribution is 5.94. The topological polar surface area (TPSA) is 89.7 Å². The van der Waals surface area contributed by atoms with Gasteiger partial charge in [0.15, 0.2) is 5.69 Å². The second-order valence-corrected chi connectivity index (χ2v) is 6.39. The first-order valence-corrected chi connectivity index (χ1v) is 8.44. The summed E-state index contributed by atoms with van der Waals surface area (Å²) in [5.74, 6) is -0.421. The van der Waals surface area contributed by atoms with E-state index in [9.17, 15) is 9.18 Å². The number of carbonyl (C=O) groups excluding carboxylic acids is 1. The molecule has 7 nitrogen and oxygen atoms in total. The molecule has 1 aromatic carbocycles. The van der Waals surface area contributed by atoms with Crippen LogP contribution in [0.3, 0.4) is 0 Å². The highest BCUT2D eigenvalue weighted by Crippen LogP contribution is 2.23. The lowest BCUT2D eigenvalue weighted by Gasteiger charge is -2.18. The van der Waals surface area contributed by atoms with Crippen LogP contribution in [0.2, 0.25) is 0 Å². The van der Waals surface area contributed by atoms with Crippen molar-refractivity contribution in [1.29, 1.82) is 0 Å². The molecule has 0 fully saturated rings. The third-order valence-electron chi connectivity index (χ3n) is 4.61. The normalized spacial score (nSPS) is 13.5. The number of aromatic nitrogens is 4. The van der Waals surface area contributed by atoms with Crippen LogP contribution in [-0.4, -0.2) is 44.8 Å². The van der Waals surface area contributed by atoms with Gasteiger partial charge >= 0.3 is 0 Å². The lowest BCUT2D eigenvalue weighted by Crippen LogP contribution is -2.29. The van der Waals surface area contributed by atoms with Crippen LogP contribution >= 0.6 is 0 Å². The Hall–Kier alpha value is -3.00. The van der Waals surface area contributed by atoms with E-state index in [1.54, 1.807) is 30.3 Å². The summed E-state index contributed by atoms with van der Waals surface area (Å²) in [5, 5.41) is 17.4. The Bertz CT molecular complexity index is 930. The fraction of sp³-hybridized carbons (Fsp3) is 0.278. The van der Waals surface area contributed by atoms with E-state index in [1.807, 2.05) is 0 Å². The van der Waals surface area contributed by atoms with Crippen molar-refractivity contribution >= 4 is 5.91 Å². The average Bonchev–Trinajstić information content (AvgIpc) is 3.28. The fourth-order valence-corrected chi connectivity index (χ4v) is 3.23. The van der Waals surface area contributed by atoms with Crippen LogP contribution in [-0.2, 0) is 19.5 Å². The van der Waals surface area contributed by atoms with E-state index in [4.69, 9.17) is 0 Å². The van der Waals surface area contributed by atoms with Crippen LogP contribution in [0.1, 0.15) is 27.3 Å². The molecule has 0 saturated carbocycles. The molecule has 0 atom stereocenters. The predicted octanol–water partition coefficient (Wildman–Crippen LogP) is 1.86.